The van der Waals surface area contributed by atoms with Crippen LogP contribution in [0.3, 0.4) is 0 Å². The zero-order chi connectivity index (χ0) is 26.2. The van der Waals surface area contributed by atoms with Crippen LogP contribution in [0.1, 0.15) is 18.0 Å². The van der Waals surface area contributed by atoms with Crippen LogP contribution in [0.2, 0.25) is 0 Å². The fourth-order valence-corrected chi connectivity index (χ4v) is 5.95. The Morgan fingerprint density at radius 2 is 2.05 bits per heavy atom. The van der Waals surface area contributed by atoms with Gasteiger partial charge in [0.05, 0.1) is 23.7 Å². The zero-order valence-electron chi connectivity index (χ0n) is 20.0. The van der Waals surface area contributed by atoms with Crippen LogP contribution < -0.4 is 15.4 Å². The molecule has 0 bridgehead atoms. The van der Waals surface area contributed by atoms with Crippen molar-refractivity contribution in [3.05, 3.63) is 71.7 Å². The van der Waals surface area contributed by atoms with Crippen molar-refractivity contribution in [2.75, 3.05) is 30.2 Å². The van der Waals surface area contributed by atoms with Gasteiger partial charge in [-0.15, -0.1) is 0 Å². The number of nitrogen functional groups attached to an aromatic ring is 1. The molecule has 12 heteroatoms. The number of para-hydroxylation sites is 1. The van der Waals surface area contributed by atoms with Gasteiger partial charge in [-0.2, -0.15) is 5.10 Å². The molecule has 0 aliphatic carbocycles. The van der Waals surface area contributed by atoms with Crippen molar-refractivity contribution in [3.8, 4) is 17.0 Å². The SMILES string of the molecule is CNCC/C=C/S(=O)(=O)N1CC(n2nc(-c3cc(O)cc(F)c3)c3c(N)ncnc32)Cc2ccccc21. The molecule has 0 radical (unpaired) electrons. The highest BCUT2D eigenvalue weighted by atomic mass is 32.2. The first kappa shape index (κ1) is 24.7. The lowest BCUT2D eigenvalue weighted by molar-refractivity contribution is 0.457. The second kappa shape index (κ2) is 9.79. The molecule has 1 aliphatic heterocycles. The summed E-state index contributed by atoms with van der Waals surface area (Å²) >= 11 is 0. The third-order valence-corrected chi connectivity index (χ3v) is 7.75. The zero-order valence-corrected chi connectivity index (χ0v) is 20.9. The van der Waals surface area contributed by atoms with Crippen molar-refractivity contribution in [3.63, 3.8) is 0 Å². The lowest BCUT2D eigenvalue weighted by Gasteiger charge is -2.34. The van der Waals surface area contributed by atoms with Crippen molar-refractivity contribution >= 4 is 32.6 Å². The number of halogens is 1. The number of hydrogen-bond donors (Lipinski definition) is 3. The van der Waals surface area contributed by atoms with Gasteiger partial charge in [0, 0.05) is 17.0 Å². The quantitative estimate of drug-likeness (QED) is 0.314. The summed E-state index contributed by atoms with van der Waals surface area (Å²) in [4.78, 5) is 8.46. The molecule has 4 N–H and O–H groups in total. The maximum absolute atomic E-state index is 14.1. The lowest BCUT2D eigenvalue weighted by Crippen LogP contribution is -2.40. The van der Waals surface area contributed by atoms with Gasteiger partial charge < -0.3 is 16.2 Å². The monoisotopic (exact) mass is 523 g/mol. The molecule has 0 saturated carbocycles. The van der Waals surface area contributed by atoms with E-state index in [0.717, 1.165) is 11.6 Å². The Labute approximate surface area is 213 Å². The maximum atomic E-state index is 14.1. The Kier molecular flexibility index (Phi) is 6.52. The third-order valence-electron chi connectivity index (χ3n) is 6.25. The molecule has 0 spiro atoms. The van der Waals surface area contributed by atoms with E-state index in [-0.39, 0.29) is 18.1 Å². The minimum atomic E-state index is -3.79. The number of phenols is 1. The van der Waals surface area contributed by atoms with E-state index in [4.69, 9.17) is 10.8 Å². The van der Waals surface area contributed by atoms with Crippen molar-refractivity contribution in [1.29, 1.82) is 0 Å². The molecular formula is C25H26FN7O3S. The standard InChI is InChI=1S/C25H26FN7O3S/c1-28-8-4-5-9-37(35,36)32-14-19(11-16-6-2-3-7-21(16)32)33-25-22(24(27)29-15-30-25)23(31-33)17-10-18(26)13-20(34)12-17/h2-3,5-7,9-10,12-13,15,19,28,34H,4,8,11,14H2,1H3,(H2,27,29,30)/b9-5+. The van der Waals surface area contributed by atoms with Crippen molar-refractivity contribution < 1.29 is 17.9 Å². The molecule has 192 valence electrons. The van der Waals surface area contributed by atoms with Crippen LogP contribution in [-0.4, -0.2) is 53.4 Å². The second-order valence-electron chi connectivity index (χ2n) is 8.78. The summed E-state index contributed by atoms with van der Waals surface area (Å²) in [5.74, 6) is -0.757. The highest BCUT2D eigenvalue weighted by Gasteiger charge is 2.34. The number of nitrogens with zero attached hydrogens (tertiary/aromatic N) is 5. The van der Waals surface area contributed by atoms with Crippen molar-refractivity contribution in [1.82, 2.24) is 25.1 Å². The first-order valence-electron chi connectivity index (χ1n) is 11.7. The number of anilines is 2. The van der Waals surface area contributed by atoms with Crippen LogP contribution in [0.15, 0.2) is 60.3 Å². The van der Waals surface area contributed by atoms with Gasteiger partial charge in [0.1, 0.15) is 29.4 Å². The van der Waals surface area contributed by atoms with E-state index < -0.39 is 21.9 Å². The van der Waals surface area contributed by atoms with Crippen LogP contribution in [0.4, 0.5) is 15.9 Å². The summed E-state index contributed by atoms with van der Waals surface area (Å²) in [6, 6.07) is 10.5. The predicted octanol–water partition coefficient (Wildman–Crippen LogP) is 2.98. The lowest BCUT2D eigenvalue weighted by atomic mass is 10.00. The Morgan fingerprint density at radius 3 is 2.84 bits per heavy atom. The first-order valence-corrected chi connectivity index (χ1v) is 13.2. The Hall–Kier alpha value is -4.03. The fraction of sp³-hybridized carbons (Fsp3) is 0.240. The van der Waals surface area contributed by atoms with E-state index in [1.165, 1.54) is 28.2 Å². The molecule has 2 aromatic carbocycles. The Morgan fingerprint density at radius 1 is 1.24 bits per heavy atom. The van der Waals surface area contributed by atoms with Gasteiger partial charge in [0.2, 0.25) is 0 Å². The number of aromatic hydroxyl groups is 1. The number of rotatable bonds is 7. The average molecular weight is 524 g/mol. The molecule has 1 aliphatic rings. The number of aromatic nitrogens is 4. The molecule has 10 nitrogen and oxygen atoms in total. The molecular weight excluding hydrogens is 497 g/mol. The van der Waals surface area contributed by atoms with Gasteiger partial charge in [-0.3, -0.25) is 4.31 Å². The van der Waals surface area contributed by atoms with Crippen molar-refractivity contribution in [2.45, 2.75) is 18.9 Å². The molecule has 1 unspecified atom stereocenters. The first-order chi connectivity index (χ1) is 17.8. The van der Waals surface area contributed by atoms with E-state index in [1.807, 2.05) is 12.1 Å². The molecule has 0 saturated heterocycles. The summed E-state index contributed by atoms with van der Waals surface area (Å²) in [5.41, 5.74) is 8.61. The molecule has 5 rings (SSSR count). The van der Waals surface area contributed by atoms with Gasteiger partial charge in [-0.1, -0.05) is 24.3 Å². The number of nitrogens with one attached hydrogen (secondary N) is 1. The molecule has 2 aromatic heterocycles. The van der Waals surface area contributed by atoms with Gasteiger partial charge >= 0.3 is 0 Å². The topological polar surface area (TPSA) is 139 Å². The fourth-order valence-electron chi connectivity index (χ4n) is 4.59. The smallest absolute Gasteiger partial charge is 0.257 e. The van der Waals surface area contributed by atoms with Crippen LogP contribution in [0, 0.1) is 5.82 Å². The van der Waals surface area contributed by atoms with Gasteiger partial charge in [0.25, 0.3) is 10.0 Å². The Bertz CT molecular complexity index is 1580. The Balaban J connectivity index is 1.62. The van der Waals surface area contributed by atoms with Gasteiger partial charge in [0.15, 0.2) is 5.65 Å². The van der Waals surface area contributed by atoms with Crippen LogP contribution >= 0.6 is 0 Å². The van der Waals surface area contributed by atoms with E-state index >= 15 is 0 Å². The van der Waals surface area contributed by atoms with E-state index in [2.05, 4.69) is 15.3 Å². The number of phenolic OH excluding ortho intramolecular Hbond substituents is 1. The van der Waals surface area contributed by atoms with E-state index in [0.29, 0.717) is 47.4 Å². The summed E-state index contributed by atoms with van der Waals surface area (Å²) in [6.07, 6.45) is 3.99. The van der Waals surface area contributed by atoms with Gasteiger partial charge in [-0.05, 0) is 50.2 Å². The maximum Gasteiger partial charge on any atom is 0.257 e. The summed E-state index contributed by atoms with van der Waals surface area (Å²) in [7, 11) is -1.99. The molecule has 1 atom stereocenters. The van der Waals surface area contributed by atoms with Gasteiger partial charge in [-0.25, -0.2) is 27.5 Å². The summed E-state index contributed by atoms with van der Waals surface area (Å²) in [5, 5.41) is 19.3. The number of nitrogens with two attached hydrogens (primary N) is 1. The molecule has 0 fully saturated rings. The number of benzene rings is 2. The highest BCUT2D eigenvalue weighted by Crippen LogP contribution is 2.38. The largest absolute Gasteiger partial charge is 0.508 e. The van der Waals surface area contributed by atoms with Crippen LogP contribution in [-0.2, 0) is 16.4 Å². The number of hydrogen-bond acceptors (Lipinski definition) is 8. The third kappa shape index (κ3) is 4.72. The minimum Gasteiger partial charge on any atom is -0.508 e. The normalized spacial score (nSPS) is 15.9. The van der Waals surface area contributed by atoms with Crippen molar-refractivity contribution in [2.24, 2.45) is 0 Å². The van der Waals surface area contributed by atoms with E-state index in [9.17, 15) is 17.9 Å². The molecule has 3 heterocycles. The molecule has 0 amide bonds. The summed E-state index contributed by atoms with van der Waals surface area (Å²) in [6.45, 7) is 0.758. The average Bonchev–Trinajstić information content (AvgIpc) is 3.26. The number of fused-ring (bicyclic) bond motifs is 2. The van der Waals surface area contributed by atoms with Crippen LogP contribution in [0.25, 0.3) is 22.3 Å². The van der Waals surface area contributed by atoms with E-state index in [1.54, 1.807) is 29.9 Å². The minimum absolute atomic E-state index is 0.101. The van der Waals surface area contributed by atoms with Crippen LogP contribution in [0.5, 0.6) is 5.75 Å². The number of sulfonamides is 1. The second-order valence-corrected chi connectivity index (χ2v) is 10.5. The summed E-state index contributed by atoms with van der Waals surface area (Å²) < 4.78 is 43.9. The molecule has 37 heavy (non-hydrogen) atoms. The highest BCUT2D eigenvalue weighted by molar-refractivity contribution is 7.95. The molecule has 4 aromatic rings. The predicted molar refractivity (Wildman–Crippen MR) is 140 cm³/mol.